The van der Waals surface area contributed by atoms with Crippen LogP contribution in [-0.4, -0.2) is 58.6 Å². The average Bonchev–Trinajstić information content (AvgIpc) is 3.34. The number of benzene rings is 3. The highest BCUT2D eigenvalue weighted by molar-refractivity contribution is 5.89. The molecule has 0 aliphatic heterocycles. The van der Waals surface area contributed by atoms with E-state index < -0.39 is 11.6 Å². The predicted octanol–water partition coefficient (Wildman–Crippen LogP) is 4.14. The molecule has 4 rings (SSSR count). The second-order valence-corrected chi connectivity index (χ2v) is 10.4. The normalized spacial score (nSPS) is 12.1. The van der Waals surface area contributed by atoms with E-state index in [1.807, 2.05) is 69.3 Å². The Morgan fingerprint density at radius 1 is 0.900 bits per heavy atom. The van der Waals surface area contributed by atoms with Crippen molar-refractivity contribution >= 4 is 22.8 Å². The van der Waals surface area contributed by atoms with E-state index in [1.165, 1.54) is 0 Å². The lowest BCUT2D eigenvalue weighted by atomic mass is 10.00. The number of carbonyl (C=O) groups is 2. The van der Waals surface area contributed by atoms with Crippen LogP contribution in [0, 0.1) is 0 Å². The van der Waals surface area contributed by atoms with E-state index in [2.05, 4.69) is 15.6 Å². The molecular weight excluding hydrogens is 510 g/mol. The van der Waals surface area contributed by atoms with Gasteiger partial charge in [0.1, 0.15) is 35.4 Å². The highest BCUT2D eigenvalue weighted by atomic mass is 16.5. The highest BCUT2D eigenvalue weighted by Crippen LogP contribution is 2.32. The molecule has 0 fully saturated rings. The molecule has 1 atom stereocenters. The summed E-state index contributed by atoms with van der Waals surface area (Å²) in [4.78, 5) is 29.7. The van der Waals surface area contributed by atoms with Gasteiger partial charge in [0.05, 0.1) is 26.8 Å². The van der Waals surface area contributed by atoms with Crippen molar-refractivity contribution in [3.8, 4) is 17.2 Å². The van der Waals surface area contributed by atoms with Gasteiger partial charge in [-0.25, -0.2) is 4.68 Å². The summed E-state index contributed by atoms with van der Waals surface area (Å²) in [5.74, 6) is 1.04. The lowest BCUT2D eigenvalue weighted by Gasteiger charge is -2.34. The maximum absolute atomic E-state index is 14.1. The fourth-order valence-electron chi connectivity index (χ4n) is 4.40. The van der Waals surface area contributed by atoms with E-state index in [1.54, 1.807) is 49.1 Å². The number of hydrogen-bond acceptors (Lipinski definition) is 7. The molecule has 10 heteroatoms. The van der Waals surface area contributed by atoms with Gasteiger partial charge in [-0.2, -0.15) is 0 Å². The van der Waals surface area contributed by atoms with Crippen molar-refractivity contribution in [1.29, 1.82) is 0 Å². The van der Waals surface area contributed by atoms with Crippen molar-refractivity contribution in [2.75, 3.05) is 21.3 Å². The number of amides is 2. The summed E-state index contributed by atoms with van der Waals surface area (Å²) < 4.78 is 17.8. The Balaban J connectivity index is 1.82. The smallest absolute Gasteiger partial charge is 0.247 e. The van der Waals surface area contributed by atoms with Crippen molar-refractivity contribution in [3.05, 3.63) is 77.9 Å². The average molecular weight is 546 g/mol. The van der Waals surface area contributed by atoms with Gasteiger partial charge in [-0.1, -0.05) is 29.5 Å². The molecule has 0 spiro atoms. The second-order valence-electron chi connectivity index (χ2n) is 10.4. The minimum atomic E-state index is -1.01. The Labute approximate surface area is 233 Å². The van der Waals surface area contributed by atoms with Crippen LogP contribution in [0.4, 0.5) is 0 Å². The fraction of sp³-hybridized carbons (Fsp3) is 0.333. The Kier molecular flexibility index (Phi) is 8.57. The molecule has 10 nitrogen and oxygen atoms in total. The third-order valence-corrected chi connectivity index (χ3v) is 6.29. The molecule has 1 aromatic heterocycles. The van der Waals surface area contributed by atoms with Gasteiger partial charge in [-0.05, 0) is 68.3 Å². The first kappa shape index (κ1) is 28.4. The van der Waals surface area contributed by atoms with Crippen LogP contribution >= 0.6 is 0 Å². The quantitative estimate of drug-likeness (QED) is 0.319. The Morgan fingerprint density at radius 3 is 2.12 bits per heavy atom. The summed E-state index contributed by atoms with van der Waals surface area (Å²) in [6.07, 6.45) is 0. The summed E-state index contributed by atoms with van der Waals surface area (Å²) in [6, 6.07) is 19.0. The molecule has 210 valence electrons. The lowest BCUT2D eigenvalue weighted by molar-refractivity contribution is -0.142. The number of nitrogens with zero attached hydrogens (tertiary/aromatic N) is 4. The monoisotopic (exact) mass is 545 g/mol. The number of hydrogen-bond donors (Lipinski definition) is 1. The summed E-state index contributed by atoms with van der Waals surface area (Å²) >= 11 is 0. The summed E-state index contributed by atoms with van der Waals surface area (Å²) in [6.45, 7) is 5.72. The molecule has 0 aliphatic rings. The first-order valence-electron chi connectivity index (χ1n) is 12.9. The largest absolute Gasteiger partial charge is 0.497 e. The molecule has 0 bridgehead atoms. The lowest BCUT2D eigenvalue weighted by Crippen LogP contribution is -2.49. The van der Waals surface area contributed by atoms with Crippen LogP contribution in [0.15, 0.2) is 66.7 Å². The van der Waals surface area contributed by atoms with Crippen LogP contribution in [0.1, 0.15) is 37.9 Å². The zero-order valence-electron chi connectivity index (χ0n) is 23.7. The SMILES string of the molecule is COc1ccc(CN(C(=O)Cn2nnc3ccccc32)[C@H](C(=O)NC(C)(C)C)c2cc(OC)cc(OC)c2)cc1. The van der Waals surface area contributed by atoms with Gasteiger partial charge in [-0.15, -0.1) is 5.10 Å². The number of aromatic nitrogens is 3. The van der Waals surface area contributed by atoms with Crippen molar-refractivity contribution in [2.45, 2.75) is 45.4 Å². The van der Waals surface area contributed by atoms with Crippen molar-refractivity contribution in [2.24, 2.45) is 0 Å². The summed E-state index contributed by atoms with van der Waals surface area (Å²) in [7, 11) is 4.67. The maximum atomic E-state index is 14.1. The van der Waals surface area contributed by atoms with Crippen LogP contribution in [-0.2, 0) is 22.7 Å². The van der Waals surface area contributed by atoms with Crippen LogP contribution in [0.25, 0.3) is 11.0 Å². The number of carbonyl (C=O) groups excluding carboxylic acids is 2. The number of methoxy groups -OCH3 is 3. The maximum Gasteiger partial charge on any atom is 0.247 e. The zero-order chi connectivity index (χ0) is 28.9. The topological polar surface area (TPSA) is 108 Å². The van der Waals surface area contributed by atoms with Gasteiger partial charge in [0.25, 0.3) is 0 Å². The number of para-hydroxylation sites is 1. The molecule has 0 saturated carbocycles. The van der Waals surface area contributed by atoms with E-state index in [0.29, 0.717) is 28.3 Å². The third-order valence-electron chi connectivity index (χ3n) is 6.29. The van der Waals surface area contributed by atoms with Gasteiger partial charge in [0, 0.05) is 18.2 Å². The third kappa shape index (κ3) is 6.69. The van der Waals surface area contributed by atoms with Crippen molar-refractivity contribution in [1.82, 2.24) is 25.2 Å². The molecule has 0 radical (unpaired) electrons. The molecule has 0 aliphatic carbocycles. The Bertz CT molecular complexity index is 1450. The van der Waals surface area contributed by atoms with Crippen molar-refractivity contribution < 1.29 is 23.8 Å². The minimum Gasteiger partial charge on any atom is -0.497 e. The molecule has 4 aromatic rings. The van der Waals surface area contributed by atoms with Gasteiger partial charge < -0.3 is 24.4 Å². The van der Waals surface area contributed by atoms with Crippen molar-refractivity contribution in [3.63, 3.8) is 0 Å². The first-order valence-corrected chi connectivity index (χ1v) is 12.9. The number of ether oxygens (including phenoxy) is 3. The van der Waals surface area contributed by atoms with E-state index in [-0.39, 0.29) is 24.9 Å². The van der Waals surface area contributed by atoms with Crippen LogP contribution in [0.3, 0.4) is 0 Å². The first-order chi connectivity index (χ1) is 19.1. The molecule has 2 amide bonds. The van der Waals surface area contributed by atoms with Gasteiger partial charge >= 0.3 is 0 Å². The number of nitrogens with one attached hydrogen (secondary N) is 1. The molecule has 0 unspecified atom stereocenters. The predicted molar refractivity (Wildman–Crippen MR) is 151 cm³/mol. The van der Waals surface area contributed by atoms with Crippen LogP contribution in [0.5, 0.6) is 17.2 Å². The molecule has 3 aromatic carbocycles. The Morgan fingerprint density at radius 2 is 1.52 bits per heavy atom. The molecule has 1 N–H and O–H groups in total. The molecule has 0 saturated heterocycles. The fourth-order valence-corrected chi connectivity index (χ4v) is 4.40. The number of rotatable bonds is 10. The summed E-state index contributed by atoms with van der Waals surface area (Å²) in [5, 5.41) is 11.4. The Hall–Kier alpha value is -4.60. The van der Waals surface area contributed by atoms with Crippen LogP contribution in [0.2, 0.25) is 0 Å². The van der Waals surface area contributed by atoms with Crippen LogP contribution < -0.4 is 19.5 Å². The summed E-state index contributed by atoms with van der Waals surface area (Å²) in [5.41, 5.74) is 2.22. The highest BCUT2D eigenvalue weighted by Gasteiger charge is 2.34. The molecule has 40 heavy (non-hydrogen) atoms. The second kappa shape index (κ2) is 12.1. The van der Waals surface area contributed by atoms with E-state index in [4.69, 9.17) is 14.2 Å². The molecule has 1 heterocycles. The van der Waals surface area contributed by atoms with Gasteiger partial charge in [0.15, 0.2) is 0 Å². The minimum absolute atomic E-state index is 0.114. The van der Waals surface area contributed by atoms with Gasteiger partial charge in [0.2, 0.25) is 11.8 Å². The molecular formula is C30H35N5O5. The van der Waals surface area contributed by atoms with E-state index in [9.17, 15) is 9.59 Å². The zero-order valence-corrected chi connectivity index (χ0v) is 23.7. The van der Waals surface area contributed by atoms with E-state index in [0.717, 1.165) is 11.1 Å². The van der Waals surface area contributed by atoms with Gasteiger partial charge in [-0.3, -0.25) is 9.59 Å². The number of fused-ring (bicyclic) bond motifs is 1. The standard InChI is InChI=1S/C30H35N5O5/c1-30(2,3)31-29(37)28(21-15-23(39-5)17-24(16-21)40-6)34(18-20-11-13-22(38-4)14-12-20)27(36)19-35-26-10-8-7-9-25(26)32-33-35/h7-17,28H,18-19H2,1-6H3,(H,31,37)/t28-/m0/s1. The van der Waals surface area contributed by atoms with E-state index >= 15 is 0 Å².